The van der Waals surface area contributed by atoms with Gasteiger partial charge in [0.05, 0.1) is 18.6 Å². The van der Waals surface area contributed by atoms with E-state index in [-0.39, 0.29) is 18.1 Å². The van der Waals surface area contributed by atoms with Crippen molar-refractivity contribution >= 4 is 16.7 Å². The first-order valence-corrected chi connectivity index (χ1v) is 12.9. The lowest BCUT2D eigenvalue weighted by Crippen LogP contribution is -2.32. The van der Waals surface area contributed by atoms with Crippen molar-refractivity contribution in [3.63, 3.8) is 0 Å². The Bertz CT molecular complexity index is 1370. The second kappa shape index (κ2) is 11.2. The molecule has 0 amide bonds. The molecule has 192 valence electrons. The summed E-state index contributed by atoms with van der Waals surface area (Å²) in [7, 11) is 1.69. The van der Waals surface area contributed by atoms with Crippen LogP contribution in [0.15, 0.2) is 84.9 Å². The second-order valence-corrected chi connectivity index (χ2v) is 10.4. The average molecular weight is 496 g/mol. The van der Waals surface area contributed by atoms with Crippen LogP contribution in [-0.2, 0) is 21.5 Å². The highest BCUT2D eigenvalue weighted by atomic mass is 16.5. The number of ether oxygens (including phenoxy) is 2. The average Bonchev–Trinajstić information content (AvgIpc) is 2.91. The first-order chi connectivity index (χ1) is 17.7. The summed E-state index contributed by atoms with van der Waals surface area (Å²) in [5.41, 5.74) is 4.93. The van der Waals surface area contributed by atoms with E-state index < -0.39 is 5.41 Å². The fourth-order valence-electron chi connectivity index (χ4n) is 4.56. The topological polar surface area (TPSA) is 47.6 Å². The van der Waals surface area contributed by atoms with Crippen LogP contribution in [0.3, 0.4) is 0 Å². The number of esters is 1. The molecule has 4 nitrogen and oxygen atoms in total. The minimum absolute atomic E-state index is 0.139. The van der Waals surface area contributed by atoms with Crippen molar-refractivity contribution in [1.29, 1.82) is 0 Å². The summed E-state index contributed by atoms with van der Waals surface area (Å²) in [6.45, 7) is 10.5. The van der Waals surface area contributed by atoms with E-state index in [1.54, 1.807) is 7.11 Å². The summed E-state index contributed by atoms with van der Waals surface area (Å²) in [6, 6.07) is 29.7. The Morgan fingerprint density at radius 1 is 0.892 bits per heavy atom. The Labute approximate surface area is 220 Å². The van der Waals surface area contributed by atoms with Crippen LogP contribution in [0, 0.1) is 0 Å². The number of rotatable bonds is 9. The number of nitrogens with one attached hydrogen (secondary N) is 1. The van der Waals surface area contributed by atoms with Gasteiger partial charge in [0.2, 0.25) is 0 Å². The van der Waals surface area contributed by atoms with Gasteiger partial charge in [0.1, 0.15) is 5.75 Å². The minimum Gasteiger partial charge on any atom is -0.497 e. The van der Waals surface area contributed by atoms with E-state index in [2.05, 4.69) is 72.9 Å². The SMILES string of the molecule is COc1cccc([C@@H](C)NCc2cc(-c3ccc(C(C)(C)C(=O)OC(C)C)cc3)c3ccccc3c2)c1. The van der Waals surface area contributed by atoms with Gasteiger partial charge in [0.25, 0.3) is 0 Å². The van der Waals surface area contributed by atoms with Gasteiger partial charge in [-0.05, 0) is 97.5 Å². The normalized spacial score (nSPS) is 12.5. The summed E-state index contributed by atoms with van der Waals surface area (Å²) in [6.07, 6.45) is -0.139. The second-order valence-electron chi connectivity index (χ2n) is 10.4. The van der Waals surface area contributed by atoms with Gasteiger partial charge < -0.3 is 14.8 Å². The van der Waals surface area contributed by atoms with Crippen LogP contribution < -0.4 is 10.1 Å². The van der Waals surface area contributed by atoms with Gasteiger partial charge >= 0.3 is 5.97 Å². The quantitative estimate of drug-likeness (QED) is 0.243. The van der Waals surface area contributed by atoms with Gasteiger partial charge in [0.15, 0.2) is 0 Å². The van der Waals surface area contributed by atoms with Crippen molar-refractivity contribution in [2.24, 2.45) is 0 Å². The lowest BCUT2D eigenvalue weighted by molar-refractivity contribution is -0.153. The molecule has 4 rings (SSSR count). The Morgan fingerprint density at radius 3 is 2.32 bits per heavy atom. The Kier molecular flexibility index (Phi) is 7.99. The van der Waals surface area contributed by atoms with E-state index in [9.17, 15) is 4.79 Å². The number of hydrogen-bond acceptors (Lipinski definition) is 4. The van der Waals surface area contributed by atoms with E-state index in [1.165, 1.54) is 27.5 Å². The maximum Gasteiger partial charge on any atom is 0.316 e. The molecular weight excluding hydrogens is 458 g/mol. The van der Waals surface area contributed by atoms with Crippen LogP contribution in [0.25, 0.3) is 21.9 Å². The monoisotopic (exact) mass is 495 g/mol. The molecule has 0 aliphatic heterocycles. The molecule has 0 bridgehead atoms. The Morgan fingerprint density at radius 2 is 1.62 bits per heavy atom. The molecule has 0 radical (unpaired) electrons. The molecule has 0 saturated carbocycles. The zero-order chi connectivity index (χ0) is 26.6. The highest BCUT2D eigenvalue weighted by Gasteiger charge is 2.32. The summed E-state index contributed by atoms with van der Waals surface area (Å²) in [5, 5.41) is 6.07. The Balaban J connectivity index is 1.61. The van der Waals surface area contributed by atoms with Crippen molar-refractivity contribution in [3.8, 4) is 16.9 Å². The molecule has 0 heterocycles. The van der Waals surface area contributed by atoms with Crippen LogP contribution in [0.1, 0.15) is 57.4 Å². The van der Waals surface area contributed by atoms with E-state index in [0.29, 0.717) is 0 Å². The van der Waals surface area contributed by atoms with E-state index in [4.69, 9.17) is 9.47 Å². The van der Waals surface area contributed by atoms with Crippen molar-refractivity contribution in [2.45, 2.75) is 58.7 Å². The molecule has 0 spiro atoms. The van der Waals surface area contributed by atoms with Gasteiger partial charge in [0, 0.05) is 12.6 Å². The largest absolute Gasteiger partial charge is 0.497 e. The number of carbonyl (C=O) groups excluding carboxylic acids is 1. The third kappa shape index (κ3) is 6.03. The van der Waals surface area contributed by atoms with Crippen molar-refractivity contribution in [3.05, 3.63) is 102 Å². The zero-order valence-corrected chi connectivity index (χ0v) is 22.7. The molecule has 0 aliphatic carbocycles. The zero-order valence-electron chi connectivity index (χ0n) is 22.7. The van der Waals surface area contributed by atoms with Gasteiger partial charge in [-0.1, -0.05) is 60.7 Å². The highest BCUT2D eigenvalue weighted by Crippen LogP contribution is 2.33. The molecule has 1 atom stereocenters. The van der Waals surface area contributed by atoms with Gasteiger partial charge in [-0.3, -0.25) is 4.79 Å². The number of carbonyl (C=O) groups is 1. The third-order valence-electron chi connectivity index (χ3n) is 6.90. The molecule has 37 heavy (non-hydrogen) atoms. The van der Waals surface area contributed by atoms with Crippen LogP contribution in [-0.4, -0.2) is 19.2 Å². The smallest absolute Gasteiger partial charge is 0.316 e. The number of fused-ring (bicyclic) bond motifs is 1. The number of methoxy groups -OCH3 is 1. The third-order valence-corrected chi connectivity index (χ3v) is 6.90. The van der Waals surface area contributed by atoms with E-state index >= 15 is 0 Å². The minimum atomic E-state index is -0.715. The van der Waals surface area contributed by atoms with Crippen LogP contribution >= 0.6 is 0 Å². The summed E-state index contributed by atoms with van der Waals surface area (Å²) in [5.74, 6) is 0.655. The maximum absolute atomic E-state index is 12.7. The fourth-order valence-corrected chi connectivity index (χ4v) is 4.56. The standard InChI is InChI=1S/C33H37NO3/c1-22(2)37-32(35)33(4,5)28-16-14-25(15-17-28)31-19-24(18-27-10-7-8-13-30(27)31)21-34-23(3)26-11-9-12-29(20-26)36-6/h7-20,22-23,34H,21H2,1-6H3/t23-/m1/s1. The molecule has 4 aromatic rings. The summed E-state index contributed by atoms with van der Waals surface area (Å²) >= 11 is 0. The number of benzene rings is 4. The molecule has 4 aromatic carbocycles. The first kappa shape index (κ1) is 26.4. The predicted octanol–water partition coefficient (Wildman–Crippen LogP) is 7.60. The molecule has 0 aromatic heterocycles. The fraction of sp³-hybridized carbons (Fsp3) is 0.303. The molecule has 0 fully saturated rings. The highest BCUT2D eigenvalue weighted by molar-refractivity contribution is 5.97. The number of hydrogen-bond donors (Lipinski definition) is 1. The van der Waals surface area contributed by atoms with Gasteiger partial charge in [-0.15, -0.1) is 0 Å². The molecule has 0 saturated heterocycles. The maximum atomic E-state index is 12.7. The molecular formula is C33H37NO3. The molecule has 0 aliphatic rings. The first-order valence-electron chi connectivity index (χ1n) is 12.9. The summed E-state index contributed by atoms with van der Waals surface area (Å²) in [4.78, 5) is 12.7. The van der Waals surface area contributed by atoms with Crippen molar-refractivity contribution in [1.82, 2.24) is 5.32 Å². The lowest BCUT2D eigenvalue weighted by atomic mass is 9.83. The van der Waals surface area contributed by atoms with Crippen LogP contribution in [0.4, 0.5) is 0 Å². The van der Waals surface area contributed by atoms with Gasteiger partial charge in [-0.25, -0.2) is 0 Å². The Hall–Kier alpha value is -3.63. The molecule has 1 N–H and O–H groups in total. The van der Waals surface area contributed by atoms with Crippen LogP contribution in [0.2, 0.25) is 0 Å². The van der Waals surface area contributed by atoms with Gasteiger partial charge in [-0.2, -0.15) is 0 Å². The predicted molar refractivity (Wildman–Crippen MR) is 152 cm³/mol. The molecule has 0 unspecified atom stereocenters. The van der Waals surface area contributed by atoms with Crippen molar-refractivity contribution in [2.75, 3.05) is 7.11 Å². The summed E-state index contributed by atoms with van der Waals surface area (Å²) < 4.78 is 10.9. The van der Waals surface area contributed by atoms with E-state index in [0.717, 1.165) is 23.4 Å². The van der Waals surface area contributed by atoms with E-state index in [1.807, 2.05) is 52.0 Å². The van der Waals surface area contributed by atoms with Crippen LogP contribution in [0.5, 0.6) is 5.75 Å². The van der Waals surface area contributed by atoms with Crippen molar-refractivity contribution < 1.29 is 14.3 Å². The lowest BCUT2D eigenvalue weighted by Gasteiger charge is -2.25. The molecule has 4 heteroatoms.